The summed E-state index contributed by atoms with van der Waals surface area (Å²) in [5.74, 6) is 0.396. The van der Waals surface area contributed by atoms with Crippen LogP contribution < -0.4 is 0 Å². The number of hydrogen-bond acceptors (Lipinski definition) is 4. The van der Waals surface area contributed by atoms with E-state index in [2.05, 4.69) is 4.74 Å². The van der Waals surface area contributed by atoms with Crippen molar-refractivity contribution in [3.05, 3.63) is 34.9 Å². The summed E-state index contributed by atoms with van der Waals surface area (Å²) in [6, 6.07) is 7.47. The Morgan fingerprint density at radius 1 is 1.47 bits per heavy atom. The van der Waals surface area contributed by atoms with Gasteiger partial charge in [-0.1, -0.05) is 23.7 Å². The van der Waals surface area contributed by atoms with E-state index in [4.69, 9.17) is 11.6 Å². The second-order valence-corrected chi connectivity index (χ2v) is 5.31. The van der Waals surface area contributed by atoms with E-state index in [1.165, 1.54) is 25.8 Å². The molecule has 3 nitrogen and oxygen atoms in total. The molecule has 94 valence electrons. The first kappa shape index (κ1) is 14.4. The van der Waals surface area contributed by atoms with E-state index >= 15 is 0 Å². The first-order chi connectivity index (χ1) is 7.95. The molecule has 0 spiro atoms. The van der Waals surface area contributed by atoms with Gasteiger partial charge in [-0.25, -0.2) is 4.79 Å². The normalized spacial score (nSPS) is 14.1. The Morgan fingerprint density at radius 3 is 2.59 bits per heavy atom. The third-order valence-corrected chi connectivity index (χ3v) is 3.75. The van der Waals surface area contributed by atoms with Crippen molar-refractivity contribution in [2.24, 2.45) is 0 Å². The van der Waals surface area contributed by atoms with E-state index in [1.54, 1.807) is 0 Å². The number of hydrogen-bond donors (Lipinski definition) is 1. The summed E-state index contributed by atoms with van der Waals surface area (Å²) >= 11 is 7.24. The fourth-order valence-corrected chi connectivity index (χ4v) is 2.40. The first-order valence-electron chi connectivity index (χ1n) is 5.08. The number of benzene rings is 1. The second kappa shape index (κ2) is 6.28. The SMILES string of the molecule is COC(=O)C(C)(O)CSCc1ccc(Cl)cc1. The van der Waals surface area contributed by atoms with Gasteiger partial charge in [0.25, 0.3) is 0 Å². The highest BCUT2D eigenvalue weighted by molar-refractivity contribution is 7.98. The molecule has 1 aromatic carbocycles. The van der Waals surface area contributed by atoms with Crippen molar-refractivity contribution in [1.29, 1.82) is 0 Å². The number of carbonyl (C=O) groups is 1. The van der Waals surface area contributed by atoms with Crippen LogP contribution in [0.5, 0.6) is 0 Å². The monoisotopic (exact) mass is 274 g/mol. The van der Waals surface area contributed by atoms with Crippen LogP contribution in [0.2, 0.25) is 5.02 Å². The van der Waals surface area contributed by atoms with Crippen molar-refractivity contribution >= 4 is 29.3 Å². The number of aliphatic hydroxyl groups is 1. The molecule has 0 fully saturated rings. The summed E-state index contributed by atoms with van der Waals surface area (Å²) in [5, 5.41) is 10.5. The Kier molecular flexibility index (Phi) is 5.31. The molecule has 17 heavy (non-hydrogen) atoms. The molecule has 1 rings (SSSR count). The lowest BCUT2D eigenvalue weighted by atomic mass is 10.1. The van der Waals surface area contributed by atoms with Crippen molar-refractivity contribution in [3.63, 3.8) is 0 Å². The lowest BCUT2D eigenvalue weighted by molar-refractivity contribution is -0.158. The number of carbonyl (C=O) groups excluding carboxylic acids is 1. The lowest BCUT2D eigenvalue weighted by Gasteiger charge is -2.19. The molecule has 0 heterocycles. The van der Waals surface area contributed by atoms with Crippen molar-refractivity contribution in [1.82, 2.24) is 0 Å². The van der Waals surface area contributed by atoms with Gasteiger partial charge < -0.3 is 9.84 Å². The maximum Gasteiger partial charge on any atom is 0.338 e. The van der Waals surface area contributed by atoms with Gasteiger partial charge in [-0.15, -0.1) is 0 Å². The summed E-state index contributed by atoms with van der Waals surface area (Å²) in [4.78, 5) is 11.2. The van der Waals surface area contributed by atoms with Crippen LogP contribution in [0.15, 0.2) is 24.3 Å². The van der Waals surface area contributed by atoms with Crippen LogP contribution in [-0.4, -0.2) is 29.5 Å². The van der Waals surface area contributed by atoms with Gasteiger partial charge in [0, 0.05) is 16.5 Å². The first-order valence-corrected chi connectivity index (χ1v) is 6.62. The van der Waals surface area contributed by atoms with Crippen LogP contribution in [0.4, 0.5) is 0 Å². The summed E-state index contributed by atoms with van der Waals surface area (Å²) in [7, 11) is 1.26. The highest BCUT2D eigenvalue weighted by Gasteiger charge is 2.30. The number of esters is 1. The largest absolute Gasteiger partial charge is 0.467 e. The Balaban J connectivity index is 2.42. The minimum absolute atomic E-state index is 0.294. The van der Waals surface area contributed by atoms with Gasteiger partial charge in [0.1, 0.15) is 0 Å². The average Bonchev–Trinajstić information content (AvgIpc) is 2.30. The van der Waals surface area contributed by atoms with Crippen LogP contribution in [-0.2, 0) is 15.3 Å². The Hall–Kier alpha value is -0.710. The van der Waals surface area contributed by atoms with E-state index in [1.807, 2.05) is 24.3 Å². The molecule has 0 saturated heterocycles. The van der Waals surface area contributed by atoms with Gasteiger partial charge in [0.05, 0.1) is 7.11 Å². The van der Waals surface area contributed by atoms with Gasteiger partial charge in [-0.3, -0.25) is 0 Å². The highest BCUT2D eigenvalue weighted by atomic mass is 35.5. The molecular weight excluding hydrogens is 260 g/mol. The zero-order valence-electron chi connectivity index (χ0n) is 9.77. The van der Waals surface area contributed by atoms with Crippen molar-refractivity contribution in [2.75, 3.05) is 12.9 Å². The lowest BCUT2D eigenvalue weighted by Crippen LogP contribution is -2.38. The van der Waals surface area contributed by atoms with Gasteiger partial charge >= 0.3 is 5.97 Å². The average molecular weight is 275 g/mol. The summed E-state index contributed by atoms with van der Waals surface area (Å²) in [6.07, 6.45) is 0. The van der Waals surface area contributed by atoms with Crippen molar-refractivity contribution < 1.29 is 14.6 Å². The molecule has 1 unspecified atom stereocenters. The maximum absolute atomic E-state index is 11.2. The highest BCUT2D eigenvalue weighted by Crippen LogP contribution is 2.20. The van der Waals surface area contributed by atoms with Crippen molar-refractivity contribution in [2.45, 2.75) is 18.3 Å². The molecule has 0 saturated carbocycles. The number of ether oxygens (including phenoxy) is 1. The minimum atomic E-state index is -1.44. The molecule has 0 radical (unpaired) electrons. The summed E-state index contributed by atoms with van der Waals surface area (Å²) in [5.41, 5.74) is -0.341. The summed E-state index contributed by atoms with van der Waals surface area (Å²) < 4.78 is 4.51. The molecule has 0 aliphatic rings. The van der Waals surface area contributed by atoms with Crippen LogP contribution in [0.3, 0.4) is 0 Å². The molecule has 1 atom stereocenters. The zero-order chi connectivity index (χ0) is 12.9. The standard InChI is InChI=1S/C12H15ClO3S/c1-12(15,11(14)16-2)8-17-7-9-3-5-10(13)6-4-9/h3-6,15H,7-8H2,1-2H3. The van der Waals surface area contributed by atoms with Gasteiger partial charge in [0.15, 0.2) is 5.60 Å². The predicted molar refractivity (Wildman–Crippen MR) is 70.3 cm³/mol. The van der Waals surface area contributed by atoms with E-state index < -0.39 is 11.6 Å². The number of rotatable bonds is 5. The molecular formula is C12H15ClO3S. The molecule has 0 bridgehead atoms. The van der Waals surface area contributed by atoms with E-state index in [-0.39, 0.29) is 0 Å². The summed E-state index contributed by atoms with van der Waals surface area (Å²) in [6.45, 7) is 1.45. The van der Waals surface area contributed by atoms with Gasteiger partial charge in [-0.05, 0) is 24.6 Å². The fourth-order valence-electron chi connectivity index (χ4n) is 1.23. The van der Waals surface area contributed by atoms with Crippen LogP contribution in [0.25, 0.3) is 0 Å². The molecule has 0 amide bonds. The minimum Gasteiger partial charge on any atom is -0.467 e. The van der Waals surface area contributed by atoms with Crippen LogP contribution in [0, 0.1) is 0 Å². The molecule has 0 aliphatic carbocycles. The Labute approximate surface area is 110 Å². The molecule has 1 N–H and O–H groups in total. The van der Waals surface area contributed by atoms with Crippen LogP contribution in [0.1, 0.15) is 12.5 Å². The Morgan fingerprint density at radius 2 is 2.06 bits per heavy atom. The third-order valence-electron chi connectivity index (χ3n) is 2.19. The zero-order valence-corrected chi connectivity index (χ0v) is 11.3. The van der Waals surface area contributed by atoms with Gasteiger partial charge in [0.2, 0.25) is 0 Å². The second-order valence-electron chi connectivity index (χ2n) is 3.88. The van der Waals surface area contributed by atoms with Gasteiger partial charge in [-0.2, -0.15) is 11.8 Å². The predicted octanol–water partition coefficient (Wildman–Crippen LogP) is 2.50. The van der Waals surface area contributed by atoms with E-state index in [9.17, 15) is 9.90 Å². The number of thioether (sulfide) groups is 1. The molecule has 5 heteroatoms. The Bertz CT molecular complexity index is 376. The number of methoxy groups -OCH3 is 1. The van der Waals surface area contributed by atoms with Crippen molar-refractivity contribution in [3.8, 4) is 0 Å². The molecule has 0 aliphatic heterocycles. The van der Waals surface area contributed by atoms with E-state index in [0.717, 1.165) is 5.56 Å². The quantitative estimate of drug-likeness (QED) is 0.838. The smallest absolute Gasteiger partial charge is 0.338 e. The van der Waals surface area contributed by atoms with E-state index in [0.29, 0.717) is 16.5 Å². The maximum atomic E-state index is 11.2. The fraction of sp³-hybridized carbons (Fsp3) is 0.417. The number of halogens is 1. The molecule has 0 aromatic heterocycles. The topological polar surface area (TPSA) is 46.5 Å². The third kappa shape index (κ3) is 4.58. The van der Waals surface area contributed by atoms with Crippen LogP contribution >= 0.6 is 23.4 Å². The molecule has 1 aromatic rings.